The molecule has 0 radical (unpaired) electrons. The molecule has 5 rings (SSSR count). The molecule has 4 aromatic rings. The summed E-state index contributed by atoms with van der Waals surface area (Å²) in [7, 11) is -1.70. The number of nitrogens with zero attached hydrogens (tertiary/aromatic N) is 5. The summed E-state index contributed by atoms with van der Waals surface area (Å²) in [5.74, 6) is 1.74. The van der Waals surface area contributed by atoms with Crippen LogP contribution in [-0.4, -0.2) is 45.6 Å². The monoisotopic (exact) mass is 504 g/mol. The fourth-order valence-corrected chi connectivity index (χ4v) is 5.89. The zero-order valence-electron chi connectivity index (χ0n) is 20.0. The minimum absolute atomic E-state index is 0.209. The summed E-state index contributed by atoms with van der Waals surface area (Å²) in [4.78, 5) is 4.51. The predicted octanol–water partition coefficient (Wildman–Crippen LogP) is 4.10. The summed E-state index contributed by atoms with van der Waals surface area (Å²) in [6, 6.07) is 18.6. The number of hydrogen-bond acceptors (Lipinski definition) is 7. The van der Waals surface area contributed by atoms with Crippen LogP contribution in [0.25, 0.3) is 0 Å². The Hall–Kier alpha value is -3.76. The summed E-state index contributed by atoms with van der Waals surface area (Å²) >= 11 is 0. The standard InChI is InChI=1S/C26H28N6O3S/c1-31-19-28-30-26(31)21-10-12-32(13-11-21)36(33,34)25-9-5-8-22(15-25)29-23-14-24(17-27-16-23)35-18-20-6-3-2-4-7-20/h2-9,14-17,19,21,29H,10-13,18H2,1H3. The molecule has 1 aliphatic rings. The predicted molar refractivity (Wildman–Crippen MR) is 136 cm³/mol. The van der Waals surface area contributed by atoms with Crippen molar-refractivity contribution in [3.8, 4) is 5.75 Å². The first kappa shape index (κ1) is 24.0. The van der Waals surface area contributed by atoms with Gasteiger partial charge in [-0.2, -0.15) is 4.31 Å². The fourth-order valence-electron chi connectivity index (χ4n) is 4.37. The first-order valence-corrected chi connectivity index (χ1v) is 13.3. The Morgan fingerprint density at radius 1 is 1.00 bits per heavy atom. The zero-order chi connectivity index (χ0) is 25.0. The maximum absolute atomic E-state index is 13.4. The molecule has 9 nitrogen and oxygen atoms in total. The van der Waals surface area contributed by atoms with Crippen molar-refractivity contribution >= 4 is 21.4 Å². The Bertz CT molecular complexity index is 1420. The number of anilines is 2. The van der Waals surface area contributed by atoms with Crippen LogP contribution in [-0.2, 0) is 23.7 Å². The Morgan fingerprint density at radius 2 is 1.81 bits per heavy atom. The van der Waals surface area contributed by atoms with Gasteiger partial charge in [0.05, 0.1) is 23.0 Å². The van der Waals surface area contributed by atoms with Crippen LogP contribution in [0.3, 0.4) is 0 Å². The number of ether oxygens (including phenoxy) is 1. The maximum atomic E-state index is 13.4. The molecular weight excluding hydrogens is 476 g/mol. The third-order valence-electron chi connectivity index (χ3n) is 6.29. The highest BCUT2D eigenvalue weighted by molar-refractivity contribution is 7.89. The molecule has 1 N–H and O–H groups in total. The molecule has 2 aromatic heterocycles. The van der Waals surface area contributed by atoms with Crippen molar-refractivity contribution < 1.29 is 13.2 Å². The van der Waals surface area contributed by atoms with Gasteiger partial charge in [-0.25, -0.2) is 8.42 Å². The molecule has 0 aliphatic carbocycles. The SMILES string of the molecule is Cn1cnnc1C1CCN(S(=O)(=O)c2cccc(Nc3cncc(OCc4ccccc4)c3)c2)CC1. The molecule has 0 spiro atoms. The van der Waals surface area contributed by atoms with E-state index in [1.807, 2.05) is 54.1 Å². The number of piperidine rings is 1. The van der Waals surface area contributed by atoms with Crippen LogP contribution in [0.4, 0.5) is 11.4 Å². The van der Waals surface area contributed by atoms with E-state index in [0.717, 1.165) is 11.4 Å². The molecule has 0 atom stereocenters. The second-order valence-electron chi connectivity index (χ2n) is 8.81. The zero-order valence-corrected chi connectivity index (χ0v) is 20.8. The first-order chi connectivity index (χ1) is 17.5. The summed E-state index contributed by atoms with van der Waals surface area (Å²) in [5.41, 5.74) is 2.43. The highest BCUT2D eigenvalue weighted by Gasteiger charge is 2.31. The maximum Gasteiger partial charge on any atom is 0.243 e. The van der Waals surface area contributed by atoms with Gasteiger partial charge in [0.1, 0.15) is 24.5 Å². The lowest BCUT2D eigenvalue weighted by Gasteiger charge is -2.30. The normalized spacial score (nSPS) is 15.0. The Balaban J connectivity index is 1.24. The summed E-state index contributed by atoms with van der Waals surface area (Å²) in [6.45, 7) is 1.33. The lowest BCUT2D eigenvalue weighted by Crippen LogP contribution is -2.38. The third-order valence-corrected chi connectivity index (χ3v) is 8.18. The van der Waals surface area contributed by atoms with E-state index < -0.39 is 10.0 Å². The molecule has 1 fully saturated rings. The van der Waals surface area contributed by atoms with E-state index in [1.54, 1.807) is 41.2 Å². The molecule has 0 saturated carbocycles. The molecule has 1 saturated heterocycles. The number of aryl methyl sites for hydroxylation is 1. The van der Waals surface area contributed by atoms with Crippen LogP contribution >= 0.6 is 0 Å². The van der Waals surface area contributed by atoms with Gasteiger partial charge in [0.2, 0.25) is 10.0 Å². The van der Waals surface area contributed by atoms with Gasteiger partial charge in [-0.3, -0.25) is 4.98 Å². The topological polar surface area (TPSA) is 102 Å². The van der Waals surface area contributed by atoms with E-state index in [9.17, 15) is 8.42 Å². The van der Waals surface area contributed by atoms with E-state index >= 15 is 0 Å². The molecule has 0 bridgehead atoms. The van der Waals surface area contributed by atoms with Crippen molar-refractivity contribution in [2.75, 3.05) is 18.4 Å². The molecule has 2 aromatic carbocycles. The number of aromatic nitrogens is 4. The molecule has 36 heavy (non-hydrogen) atoms. The van der Waals surface area contributed by atoms with Crippen LogP contribution in [0.1, 0.15) is 30.1 Å². The number of sulfonamides is 1. The average Bonchev–Trinajstić information content (AvgIpc) is 3.34. The van der Waals surface area contributed by atoms with Gasteiger partial charge in [-0.05, 0) is 36.6 Å². The Morgan fingerprint density at radius 3 is 2.56 bits per heavy atom. The van der Waals surface area contributed by atoms with Crippen LogP contribution in [0.5, 0.6) is 5.75 Å². The van der Waals surface area contributed by atoms with Gasteiger partial charge in [-0.15, -0.1) is 10.2 Å². The molecule has 186 valence electrons. The van der Waals surface area contributed by atoms with Gasteiger partial charge in [0.25, 0.3) is 0 Å². The lowest BCUT2D eigenvalue weighted by molar-refractivity contribution is 0.305. The lowest BCUT2D eigenvalue weighted by atomic mass is 9.97. The number of nitrogens with one attached hydrogen (secondary N) is 1. The Labute approximate surface area is 210 Å². The fraction of sp³-hybridized carbons (Fsp3) is 0.269. The first-order valence-electron chi connectivity index (χ1n) is 11.8. The number of rotatable bonds is 8. The Kier molecular flexibility index (Phi) is 6.97. The van der Waals surface area contributed by atoms with E-state index in [0.29, 0.717) is 49.7 Å². The molecule has 1 aliphatic heterocycles. The molecule has 0 unspecified atom stereocenters. The van der Waals surface area contributed by atoms with Crippen LogP contribution in [0, 0.1) is 0 Å². The highest BCUT2D eigenvalue weighted by atomic mass is 32.2. The van der Waals surface area contributed by atoms with E-state index in [-0.39, 0.29) is 10.8 Å². The average molecular weight is 505 g/mol. The minimum atomic E-state index is -3.62. The van der Waals surface area contributed by atoms with E-state index in [1.165, 1.54) is 0 Å². The van der Waals surface area contributed by atoms with Crippen LogP contribution < -0.4 is 10.1 Å². The van der Waals surface area contributed by atoms with Crippen molar-refractivity contribution in [2.45, 2.75) is 30.3 Å². The molecular formula is C26H28N6O3S. The van der Waals surface area contributed by atoms with Crippen molar-refractivity contribution in [3.63, 3.8) is 0 Å². The smallest absolute Gasteiger partial charge is 0.243 e. The number of hydrogen-bond donors (Lipinski definition) is 1. The van der Waals surface area contributed by atoms with Gasteiger partial charge >= 0.3 is 0 Å². The third kappa shape index (κ3) is 5.39. The number of benzene rings is 2. The van der Waals surface area contributed by atoms with Gasteiger partial charge < -0.3 is 14.6 Å². The van der Waals surface area contributed by atoms with Gasteiger partial charge in [-0.1, -0.05) is 36.4 Å². The summed E-state index contributed by atoms with van der Waals surface area (Å²) in [6.07, 6.45) is 6.43. The van der Waals surface area contributed by atoms with Gasteiger partial charge in [0.15, 0.2) is 0 Å². The second kappa shape index (κ2) is 10.5. The van der Waals surface area contributed by atoms with Gasteiger partial charge in [0, 0.05) is 37.8 Å². The summed E-state index contributed by atoms with van der Waals surface area (Å²) in [5, 5.41) is 11.4. The minimum Gasteiger partial charge on any atom is -0.487 e. The largest absolute Gasteiger partial charge is 0.487 e. The van der Waals surface area contributed by atoms with E-state index in [2.05, 4.69) is 20.5 Å². The molecule has 3 heterocycles. The van der Waals surface area contributed by atoms with Crippen molar-refractivity contribution in [1.29, 1.82) is 0 Å². The molecule has 10 heteroatoms. The van der Waals surface area contributed by atoms with Crippen molar-refractivity contribution in [2.24, 2.45) is 7.05 Å². The second-order valence-corrected chi connectivity index (χ2v) is 10.8. The number of pyridine rings is 1. The van der Waals surface area contributed by atoms with Crippen LogP contribution in [0.15, 0.2) is 84.3 Å². The van der Waals surface area contributed by atoms with Crippen molar-refractivity contribution in [1.82, 2.24) is 24.1 Å². The summed E-state index contributed by atoms with van der Waals surface area (Å²) < 4.78 is 36.0. The highest BCUT2D eigenvalue weighted by Crippen LogP contribution is 2.30. The van der Waals surface area contributed by atoms with Crippen molar-refractivity contribution in [3.05, 3.63) is 90.8 Å². The quantitative estimate of drug-likeness (QED) is 0.385. The van der Waals surface area contributed by atoms with Crippen LogP contribution in [0.2, 0.25) is 0 Å². The van der Waals surface area contributed by atoms with E-state index in [4.69, 9.17) is 4.74 Å². The molecule has 0 amide bonds.